The van der Waals surface area contributed by atoms with Crippen molar-refractivity contribution >= 4 is 27.7 Å². The van der Waals surface area contributed by atoms with Crippen LogP contribution in [0.2, 0.25) is 0 Å². The van der Waals surface area contributed by atoms with Gasteiger partial charge in [-0.3, -0.25) is 19.7 Å². The molecule has 0 saturated carbocycles. The van der Waals surface area contributed by atoms with Gasteiger partial charge in [0.05, 0.1) is 12.0 Å². The molecule has 3 aliphatic heterocycles. The fourth-order valence-electron chi connectivity index (χ4n) is 5.24. The minimum absolute atomic E-state index is 0.146. The number of imide groups is 1. The van der Waals surface area contributed by atoms with Crippen LogP contribution >= 0.6 is 0 Å². The van der Waals surface area contributed by atoms with Gasteiger partial charge in [0.1, 0.15) is 17.6 Å². The quantitative estimate of drug-likeness (QED) is 0.611. The van der Waals surface area contributed by atoms with Crippen molar-refractivity contribution in [2.24, 2.45) is 0 Å². The zero-order valence-corrected chi connectivity index (χ0v) is 20.5. The first-order valence-corrected chi connectivity index (χ1v) is 13.2. The van der Waals surface area contributed by atoms with Gasteiger partial charge in [-0.15, -0.1) is 0 Å². The van der Waals surface area contributed by atoms with E-state index in [0.717, 1.165) is 0 Å². The number of halogens is 1. The second-order valence-electron chi connectivity index (χ2n) is 9.29. The van der Waals surface area contributed by atoms with Crippen LogP contribution in [0.1, 0.15) is 53.1 Å². The number of ether oxygens (including phenoxy) is 1. The molecule has 2 aromatic rings. The summed E-state index contributed by atoms with van der Waals surface area (Å²) in [6, 6.07) is 8.43. The van der Waals surface area contributed by atoms with Gasteiger partial charge < -0.3 is 9.64 Å². The highest BCUT2D eigenvalue weighted by atomic mass is 32.2. The molecule has 0 aliphatic carbocycles. The number of nitrogens with one attached hydrogen (secondary N) is 1. The third-order valence-electron chi connectivity index (χ3n) is 7.21. The first-order valence-electron chi connectivity index (χ1n) is 11.8. The summed E-state index contributed by atoms with van der Waals surface area (Å²) in [4.78, 5) is 38.2. The number of carbonyl (C=O) groups is 3. The van der Waals surface area contributed by atoms with E-state index in [4.69, 9.17) is 4.74 Å². The molecule has 190 valence electrons. The van der Waals surface area contributed by atoms with E-state index in [2.05, 4.69) is 5.32 Å². The predicted octanol–water partition coefficient (Wildman–Crippen LogP) is 2.16. The Kier molecular flexibility index (Phi) is 6.29. The molecule has 9 nitrogen and oxygen atoms in total. The number of methoxy groups -OCH3 is 1. The van der Waals surface area contributed by atoms with E-state index in [-0.39, 0.29) is 54.8 Å². The molecule has 2 aromatic carbocycles. The Bertz CT molecular complexity index is 1350. The van der Waals surface area contributed by atoms with Crippen LogP contribution in [0.5, 0.6) is 5.75 Å². The summed E-state index contributed by atoms with van der Waals surface area (Å²) in [7, 11) is -2.24. The lowest BCUT2D eigenvalue weighted by Gasteiger charge is -2.31. The summed E-state index contributed by atoms with van der Waals surface area (Å²) >= 11 is 0. The standard InChI is InChI=1S/C25H26FN3O6S/c1-35-17-3-2-4-18(12-17)36(33,34)28-9-7-15(8-10-28)19-11-16-14-29(25(32)20(16)13-21(19)26)22-5-6-23(30)27-24(22)31/h2-4,11-13,15,22H,5-10,14H2,1H3,(H,27,30,31). The second kappa shape index (κ2) is 9.29. The van der Waals surface area contributed by atoms with Crippen LogP contribution in [0, 0.1) is 5.82 Å². The van der Waals surface area contributed by atoms with Gasteiger partial charge >= 0.3 is 0 Å². The molecule has 2 saturated heterocycles. The van der Waals surface area contributed by atoms with Crippen molar-refractivity contribution in [3.05, 3.63) is 58.9 Å². The summed E-state index contributed by atoms with van der Waals surface area (Å²) in [5, 5.41) is 2.26. The molecule has 2 fully saturated rings. The maximum atomic E-state index is 15.1. The Balaban J connectivity index is 1.31. The van der Waals surface area contributed by atoms with E-state index in [1.54, 1.807) is 18.2 Å². The van der Waals surface area contributed by atoms with Gasteiger partial charge in [0.25, 0.3) is 5.91 Å². The molecule has 11 heteroatoms. The number of fused-ring (bicyclic) bond motifs is 1. The highest BCUT2D eigenvalue weighted by molar-refractivity contribution is 7.89. The number of piperidine rings is 2. The zero-order valence-electron chi connectivity index (χ0n) is 19.7. The number of benzene rings is 2. The molecule has 3 heterocycles. The summed E-state index contributed by atoms with van der Waals surface area (Å²) < 4.78 is 47.9. The Morgan fingerprint density at radius 1 is 1.06 bits per heavy atom. The highest BCUT2D eigenvalue weighted by Gasteiger charge is 2.40. The highest BCUT2D eigenvalue weighted by Crippen LogP contribution is 2.36. The van der Waals surface area contributed by atoms with Gasteiger partial charge in [-0.2, -0.15) is 4.31 Å². The summed E-state index contributed by atoms with van der Waals surface area (Å²) in [5.74, 6) is -1.57. The number of hydrogen-bond donors (Lipinski definition) is 1. The van der Waals surface area contributed by atoms with E-state index in [1.165, 1.54) is 34.5 Å². The number of carbonyl (C=O) groups excluding carboxylic acids is 3. The topological polar surface area (TPSA) is 113 Å². The van der Waals surface area contributed by atoms with Crippen molar-refractivity contribution in [3.8, 4) is 5.75 Å². The van der Waals surface area contributed by atoms with Gasteiger partial charge in [0.2, 0.25) is 21.8 Å². The molecular formula is C25H26FN3O6S. The van der Waals surface area contributed by atoms with Gasteiger partial charge in [-0.1, -0.05) is 12.1 Å². The molecule has 5 rings (SSSR count). The van der Waals surface area contributed by atoms with E-state index in [1.807, 2.05) is 0 Å². The molecule has 0 aromatic heterocycles. The number of nitrogens with zero attached hydrogens (tertiary/aromatic N) is 2. The van der Waals surface area contributed by atoms with Gasteiger partial charge in [0.15, 0.2) is 0 Å². The first kappa shape index (κ1) is 24.4. The minimum atomic E-state index is -3.71. The fourth-order valence-corrected chi connectivity index (χ4v) is 6.74. The zero-order chi connectivity index (χ0) is 25.6. The van der Waals surface area contributed by atoms with Crippen molar-refractivity contribution in [2.75, 3.05) is 20.2 Å². The van der Waals surface area contributed by atoms with Crippen LogP contribution in [0.15, 0.2) is 41.3 Å². The molecule has 0 spiro atoms. The van der Waals surface area contributed by atoms with Gasteiger partial charge in [0, 0.05) is 37.7 Å². The summed E-state index contributed by atoms with van der Waals surface area (Å²) in [6.45, 7) is 0.640. The average Bonchev–Trinajstić information content (AvgIpc) is 3.18. The Labute approximate surface area is 208 Å². The van der Waals surface area contributed by atoms with Crippen LogP contribution in [0.3, 0.4) is 0 Å². The molecule has 1 unspecified atom stereocenters. The predicted molar refractivity (Wildman–Crippen MR) is 126 cm³/mol. The molecule has 3 amide bonds. The molecule has 0 bridgehead atoms. The van der Waals surface area contributed by atoms with Gasteiger partial charge in [-0.05, 0) is 54.5 Å². The monoisotopic (exact) mass is 515 g/mol. The molecule has 3 aliphatic rings. The number of amides is 3. The lowest BCUT2D eigenvalue weighted by atomic mass is 9.88. The van der Waals surface area contributed by atoms with Crippen LogP contribution < -0.4 is 10.1 Å². The summed E-state index contributed by atoms with van der Waals surface area (Å²) in [6.07, 6.45) is 1.25. The largest absolute Gasteiger partial charge is 0.497 e. The molecule has 1 atom stereocenters. The maximum Gasteiger partial charge on any atom is 0.255 e. The third-order valence-corrected chi connectivity index (χ3v) is 9.11. The fraction of sp³-hybridized carbons (Fsp3) is 0.400. The third kappa shape index (κ3) is 4.26. The van der Waals surface area contributed by atoms with Crippen molar-refractivity contribution in [1.82, 2.24) is 14.5 Å². The van der Waals surface area contributed by atoms with E-state index in [0.29, 0.717) is 29.7 Å². The van der Waals surface area contributed by atoms with Crippen molar-refractivity contribution in [1.29, 1.82) is 0 Å². The number of rotatable bonds is 5. The van der Waals surface area contributed by atoms with E-state index >= 15 is 4.39 Å². The maximum absolute atomic E-state index is 15.1. The number of sulfonamides is 1. The summed E-state index contributed by atoms with van der Waals surface area (Å²) in [5.41, 5.74) is 1.30. The Morgan fingerprint density at radius 3 is 2.50 bits per heavy atom. The van der Waals surface area contributed by atoms with Crippen LogP contribution in [-0.2, 0) is 26.2 Å². The second-order valence-corrected chi connectivity index (χ2v) is 11.2. The lowest BCUT2D eigenvalue weighted by Crippen LogP contribution is -2.52. The average molecular weight is 516 g/mol. The SMILES string of the molecule is COc1cccc(S(=O)(=O)N2CCC(c3cc4c(cc3F)C(=O)N(C3CCC(=O)NC3=O)C4)CC2)c1. The Hall–Kier alpha value is -3.31. The minimum Gasteiger partial charge on any atom is -0.497 e. The first-order chi connectivity index (χ1) is 17.2. The number of hydrogen-bond acceptors (Lipinski definition) is 6. The van der Waals surface area contributed by atoms with Gasteiger partial charge in [-0.25, -0.2) is 12.8 Å². The molecule has 36 heavy (non-hydrogen) atoms. The van der Waals surface area contributed by atoms with E-state index < -0.39 is 33.7 Å². The molecular weight excluding hydrogens is 489 g/mol. The molecule has 0 radical (unpaired) electrons. The smallest absolute Gasteiger partial charge is 0.255 e. The molecule has 1 N–H and O–H groups in total. The normalized spacial score (nSPS) is 21.4. The lowest BCUT2D eigenvalue weighted by molar-refractivity contribution is -0.136. The Morgan fingerprint density at radius 2 is 1.81 bits per heavy atom. The van der Waals surface area contributed by atoms with Crippen LogP contribution in [-0.4, -0.2) is 61.6 Å². The van der Waals surface area contributed by atoms with Crippen LogP contribution in [0.25, 0.3) is 0 Å². The van der Waals surface area contributed by atoms with E-state index in [9.17, 15) is 22.8 Å². The van der Waals surface area contributed by atoms with Crippen molar-refractivity contribution in [2.45, 2.75) is 49.1 Å². The van der Waals surface area contributed by atoms with Crippen LogP contribution in [0.4, 0.5) is 4.39 Å². The van der Waals surface area contributed by atoms with Crippen molar-refractivity contribution < 1.29 is 31.9 Å². The van der Waals surface area contributed by atoms with Crippen molar-refractivity contribution in [3.63, 3.8) is 0 Å².